The second kappa shape index (κ2) is 2.21. The van der Waals surface area contributed by atoms with Gasteiger partial charge in [0.2, 0.25) is 5.91 Å². The number of carbonyl (C=O) groups excluding carboxylic acids is 1. The largest absolute Gasteiger partial charge is 0.369 e. The molecule has 11 heavy (non-hydrogen) atoms. The van der Waals surface area contributed by atoms with Gasteiger partial charge in [0.15, 0.2) is 0 Å². The van der Waals surface area contributed by atoms with Crippen molar-refractivity contribution in [3.05, 3.63) is 0 Å². The van der Waals surface area contributed by atoms with E-state index < -0.39 is 0 Å². The first-order valence-electron chi connectivity index (χ1n) is 4.26. The first kappa shape index (κ1) is 7.10. The molecule has 2 fully saturated rings. The Morgan fingerprint density at radius 3 is 2.82 bits per heavy atom. The lowest BCUT2D eigenvalue weighted by Gasteiger charge is -2.28. The van der Waals surface area contributed by atoms with Crippen LogP contribution < -0.4 is 11.1 Å². The molecule has 0 bridgehead atoms. The minimum atomic E-state index is -0.113. The van der Waals surface area contributed by atoms with Crippen LogP contribution in [0.4, 0.5) is 0 Å². The topological polar surface area (TPSA) is 55.1 Å². The van der Waals surface area contributed by atoms with E-state index in [1.165, 1.54) is 12.8 Å². The molecule has 1 aliphatic heterocycles. The predicted molar refractivity (Wildman–Crippen MR) is 41.9 cm³/mol. The Balaban J connectivity index is 1.98. The van der Waals surface area contributed by atoms with Gasteiger partial charge >= 0.3 is 0 Å². The van der Waals surface area contributed by atoms with Crippen LogP contribution in [0.3, 0.4) is 0 Å². The lowest BCUT2D eigenvalue weighted by Crippen LogP contribution is -2.43. The van der Waals surface area contributed by atoms with E-state index in [9.17, 15) is 4.79 Å². The van der Waals surface area contributed by atoms with Crippen molar-refractivity contribution in [2.24, 2.45) is 11.7 Å². The predicted octanol–water partition coefficient (Wildman–Crippen LogP) is 0.00390. The van der Waals surface area contributed by atoms with Crippen molar-refractivity contribution in [1.82, 2.24) is 5.32 Å². The van der Waals surface area contributed by atoms with Gasteiger partial charge in [-0.15, -0.1) is 0 Å². The molecule has 1 spiro atoms. The molecule has 3 N–H and O–H groups in total. The van der Waals surface area contributed by atoms with Crippen molar-refractivity contribution in [1.29, 1.82) is 0 Å². The normalized spacial score (nSPS) is 33.6. The summed E-state index contributed by atoms with van der Waals surface area (Å²) in [5.74, 6) is 0.0246. The molecule has 2 rings (SSSR count). The monoisotopic (exact) mass is 154 g/mol. The van der Waals surface area contributed by atoms with E-state index in [0.717, 1.165) is 19.4 Å². The van der Waals surface area contributed by atoms with Crippen LogP contribution in [0.15, 0.2) is 0 Å². The standard InChI is InChI=1S/C8H14N2O/c9-7(11)6-1-4-10-8(5-6)2-3-8/h6,10H,1-5H2,(H2,9,11). The molecular formula is C8H14N2O. The van der Waals surface area contributed by atoms with Crippen LogP contribution in [0.2, 0.25) is 0 Å². The summed E-state index contributed by atoms with van der Waals surface area (Å²) in [6.07, 6.45) is 4.37. The molecule has 1 aliphatic carbocycles. The Kier molecular flexibility index (Phi) is 1.42. The zero-order valence-corrected chi connectivity index (χ0v) is 6.60. The molecule has 1 unspecified atom stereocenters. The van der Waals surface area contributed by atoms with Gasteiger partial charge < -0.3 is 11.1 Å². The summed E-state index contributed by atoms with van der Waals surface area (Å²) in [6, 6.07) is 0. The van der Waals surface area contributed by atoms with Crippen LogP contribution in [0.5, 0.6) is 0 Å². The summed E-state index contributed by atoms with van der Waals surface area (Å²) in [6.45, 7) is 0.966. The number of nitrogens with one attached hydrogen (secondary N) is 1. The van der Waals surface area contributed by atoms with Crippen molar-refractivity contribution in [2.45, 2.75) is 31.2 Å². The number of nitrogens with two attached hydrogens (primary N) is 1. The van der Waals surface area contributed by atoms with E-state index in [-0.39, 0.29) is 11.8 Å². The van der Waals surface area contributed by atoms with E-state index >= 15 is 0 Å². The Labute approximate surface area is 66.3 Å². The summed E-state index contributed by atoms with van der Waals surface area (Å²) in [7, 11) is 0. The van der Waals surface area contributed by atoms with Gasteiger partial charge in [-0.2, -0.15) is 0 Å². The molecule has 1 amide bonds. The van der Waals surface area contributed by atoms with Gasteiger partial charge in [-0.25, -0.2) is 0 Å². The van der Waals surface area contributed by atoms with Crippen molar-refractivity contribution >= 4 is 5.91 Å². The van der Waals surface area contributed by atoms with E-state index in [2.05, 4.69) is 5.32 Å². The molecule has 3 nitrogen and oxygen atoms in total. The van der Waals surface area contributed by atoms with Crippen molar-refractivity contribution in [3.63, 3.8) is 0 Å². The van der Waals surface area contributed by atoms with Gasteiger partial charge in [0.05, 0.1) is 0 Å². The lowest BCUT2D eigenvalue weighted by molar-refractivity contribution is -0.123. The average Bonchev–Trinajstić information content (AvgIpc) is 2.69. The molecule has 1 saturated carbocycles. The highest BCUT2D eigenvalue weighted by Gasteiger charge is 2.46. The van der Waals surface area contributed by atoms with Gasteiger partial charge in [-0.1, -0.05) is 0 Å². The third kappa shape index (κ3) is 1.25. The highest BCUT2D eigenvalue weighted by molar-refractivity contribution is 5.77. The number of amides is 1. The molecule has 3 heteroatoms. The SMILES string of the molecule is NC(=O)C1CCNC2(CC2)C1. The van der Waals surface area contributed by atoms with Crippen LogP contribution in [0, 0.1) is 5.92 Å². The first-order valence-corrected chi connectivity index (χ1v) is 4.26. The summed E-state index contributed by atoms with van der Waals surface area (Å²) in [4.78, 5) is 10.9. The lowest BCUT2D eigenvalue weighted by atomic mass is 9.90. The Morgan fingerprint density at radius 2 is 2.27 bits per heavy atom. The third-order valence-electron chi connectivity index (χ3n) is 2.89. The van der Waals surface area contributed by atoms with E-state index in [0.29, 0.717) is 5.54 Å². The Bertz CT molecular complexity index is 187. The highest BCUT2D eigenvalue weighted by atomic mass is 16.1. The average molecular weight is 154 g/mol. The number of hydrogen-bond acceptors (Lipinski definition) is 2. The molecular weight excluding hydrogens is 140 g/mol. The maximum atomic E-state index is 10.9. The fourth-order valence-corrected chi connectivity index (χ4v) is 1.93. The second-order valence-electron chi connectivity index (χ2n) is 3.80. The number of hydrogen-bond donors (Lipinski definition) is 2. The van der Waals surface area contributed by atoms with Gasteiger partial charge in [-0.05, 0) is 32.2 Å². The van der Waals surface area contributed by atoms with Crippen molar-refractivity contribution in [3.8, 4) is 0 Å². The van der Waals surface area contributed by atoms with Crippen LogP contribution >= 0.6 is 0 Å². The zero-order chi connectivity index (χ0) is 7.90. The zero-order valence-electron chi connectivity index (χ0n) is 6.60. The number of carbonyl (C=O) groups is 1. The van der Waals surface area contributed by atoms with E-state index in [1.807, 2.05) is 0 Å². The minimum Gasteiger partial charge on any atom is -0.369 e. The number of primary amides is 1. The molecule has 2 aliphatic rings. The molecule has 62 valence electrons. The smallest absolute Gasteiger partial charge is 0.220 e. The molecule has 1 saturated heterocycles. The number of rotatable bonds is 1. The minimum absolute atomic E-state index is 0.113. The van der Waals surface area contributed by atoms with Crippen LogP contribution in [-0.2, 0) is 4.79 Å². The maximum Gasteiger partial charge on any atom is 0.220 e. The second-order valence-corrected chi connectivity index (χ2v) is 3.80. The molecule has 0 radical (unpaired) electrons. The van der Waals surface area contributed by atoms with Gasteiger partial charge in [0.1, 0.15) is 0 Å². The molecule has 1 atom stereocenters. The summed E-state index contributed by atoms with van der Waals surface area (Å²) < 4.78 is 0. The Hall–Kier alpha value is -0.570. The Morgan fingerprint density at radius 1 is 1.55 bits per heavy atom. The maximum absolute atomic E-state index is 10.9. The fourth-order valence-electron chi connectivity index (χ4n) is 1.93. The van der Waals surface area contributed by atoms with E-state index in [4.69, 9.17) is 5.73 Å². The summed E-state index contributed by atoms with van der Waals surface area (Å²) >= 11 is 0. The molecule has 1 heterocycles. The fraction of sp³-hybridized carbons (Fsp3) is 0.875. The van der Waals surface area contributed by atoms with Gasteiger partial charge in [0.25, 0.3) is 0 Å². The third-order valence-corrected chi connectivity index (χ3v) is 2.89. The number of piperidine rings is 1. The van der Waals surface area contributed by atoms with Gasteiger partial charge in [-0.3, -0.25) is 4.79 Å². The van der Waals surface area contributed by atoms with Crippen molar-refractivity contribution < 1.29 is 4.79 Å². The molecule has 0 aromatic rings. The van der Waals surface area contributed by atoms with E-state index in [1.54, 1.807) is 0 Å². The summed E-state index contributed by atoms with van der Waals surface area (Å²) in [5, 5.41) is 3.45. The molecule has 0 aromatic heterocycles. The van der Waals surface area contributed by atoms with Crippen LogP contribution in [-0.4, -0.2) is 18.0 Å². The molecule has 0 aromatic carbocycles. The van der Waals surface area contributed by atoms with Gasteiger partial charge in [0, 0.05) is 11.5 Å². The highest BCUT2D eigenvalue weighted by Crippen LogP contribution is 2.43. The first-order chi connectivity index (χ1) is 5.22. The van der Waals surface area contributed by atoms with Crippen molar-refractivity contribution in [2.75, 3.05) is 6.54 Å². The summed E-state index contributed by atoms with van der Waals surface area (Å²) in [5.41, 5.74) is 5.58. The van der Waals surface area contributed by atoms with Crippen LogP contribution in [0.25, 0.3) is 0 Å². The quantitative estimate of drug-likeness (QED) is 0.558. The van der Waals surface area contributed by atoms with Crippen LogP contribution in [0.1, 0.15) is 25.7 Å².